The summed E-state index contributed by atoms with van der Waals surface area (Å²) in [6.45, 7) is 4.88. The maximum Gasteiger partial charge on any atom is 0.305 e. The predicted molar refractivity (Wildman–Crippen MR) is 227 cm³/mol. The molecule has 0 heterocycles. The Kier molecular flexibility index (Phi) is 42.2. The number of carbonyl (C=O) groups is 2. The van der Waals surface area contributed by atoms with E-state index in [0.717, 1.165) is 57.8 Å². The van der Waals surface area contributed by atoms with Gasteiger partial charge in [0, 0.05) is 12.8 Å². The number of aliphatic hydroxyl groups is 2. The number of nitrogens with one attached hydrogen (secondary N) is 1. The molecule has 2 unspecified atom stereocenters. The van der Waals surface area contributed by atoms with Gasteiger partial charge in [-0.1, -0.05) is 199 Å². The Labute approximate surface area is 329 Å². The highest BCUT2D eigenvalue weighted by molar-refractivity contribution is 5.76. The monoisotopic (exact) mass is 750 g/mol. The van der Waals surface area contributed by atoms with Gasteiger partial charge in [0.2, 0.25) is 5.91 Å². The van der Waals surface area contributed by atoms with Crippen LogP contribution in [0.4, 0.5) is 0 Å². The summed E-state index contributed by atoms with van der Waals surface area (Å²) >= 11 is 0. The summed E-state index contributed by atoms with van der Waals surface area (Å²) < 4.78 is 5.44. The third kappa shape index (κ3) is 40.1. The molecule has 6 nitrogen and oxygen atoms in total. The molecule has 0 aromatic rings. The molecule has 0 radical (unpaired) electrons. The first-order valence-corrected chi connectivity index (χ1v) is 23.4. The van der Waals surface area contributed by atoms with Crippen molar-refractivity contribution in [2.45, 2.75) is 264 Å². The SMILES string of the molecule is CCCCCCCC/C=C\CCCCCCCC(=O)OCCCCCCCCCCCCC(=O)NC(CO)C(O)CCCCCCCCCCCCC. The third-order valence-corrected chi connectivity index (χ3v) is 10.8. The molecule has 0 aliphatic carbocycles. The molecule has 0 saturated heterocycles. The lowest BCUT2D eigenvalue weighted by Gasteiger charge is -2.22. The Hall–Kier alpha value is -1.40. The number of esters is 1. The highest BCUT2D eigenvalue weighted by atomic mass is 16.5. The van der Waals surface area contributed by atoms with Gasteiger partial charge < -0.3 is 20.3 Å². The number of rotatable bonds is 43. The predicted octanol–water partition coefficient (Wildman–Crippen LogP) is 13.4. The van der Waals surface area contributed by atoms with Gasteiger partial charge in [-0.3, -0.25) is 9.59 Å². The van der Waals surface area contributed by atoms with E-state index in [-0.39, 0.29) is 18.5 Å². The van der Waals surface area contributed by atoms with Gasteiger partial charge in [0.15, 0.2) is 0 Å². The minimum absolute atomic E-state index is 0.0271. The molecule has 0 spiro atoms. The molecular formula is C47H91NO5. The quantitative estimate of drug-likeness (QED) is 0.0328. The molecule has 0 aliphatic rings. The molecule has 0 aromatic carbocycles. The minimum atomic E-state index is -0.676. The molecule has 0 bridgehead atoms. The summed E-state index contributed by atoms with van der Waals surface area (Å²) in [5, 5.41) is 23.1. The summed E-state index contributed by atoms with van der Waals surface area (Å²) in [7, 11) is 0. The van der Waals surface area contributed by atoms with Crippen molar-refractivity contribution >= 4 is 11.9 Å². The molecule has 0 fully saturated rings. The van der Waals surface area contributed by atoms with Crippen molar-refractivity contribution in [1.29, 1.82) is 0 Å². The number of aliphatic hydroxyl groups excluding tert-OH is 2. The van der Waals surface area contributed by atoms with Crippen LogP contribution in [0.15, 0.2) is 12.2 Å². The van der Waals surface area contributed by atoms with Gasteiger partial charge in [0.05, 0.1) is 25.4 Å². The fraction of sp³-hybridized carbons (Fsp3) is 0.915. The lowest BCUT2D eigenvalue weighted by atomic mass is 10.0. The summed E-state index contributed by atoms with van der Waals surface area (Å²) in [6, 6.07) is -0.556. The Morgan fingerprint density at radius 1 is 0.509 bits per heavy atom. The van der Waals surface area contributed by atoms with Gasteiger partial charge in [-0.25, -0.2) is 0 Å². The number of hydrogen-bond donors (Lipinski definition) is 3. The standard InChI is InChI=1S/C47H91NO5/c1-3-5-7-9-11-13-15-16-17-18-20-25-29-33-37-41-47(52)53-42-38-34-30-26-22-21-24-28-32-36-40-46(51)48-44(43-49)45(50)39-35-31-27-23-19-14-12-10-8-6-4-2/h16-17,44-45,49-50H,3-15,18-43H2,1-2H3,(H,48,51)/b17-16-. The van der Waals surface area contributed by atoms with Crippen LogP contribution in [0.3, 0.4) is 0 Å². The molecule has 53 heavy (non-hydrogen) atoms. The van der Waals surface area contributed by atoms with Gasteiger partial charge in [-0.2, -0.15) is 0 Å². The van der Waals surface area contributed by atoms with Crippen molar-refractivity contribution in [3.8, 4) is 0 Å². The maximum atomic E-state index is 12.4. The van der Waals surface area contributed by atoms with Crippen molar-refractivity contribution < 1.29 is 24.5 Å². The lowest BCUT2D eigenvalue weighted by molar-refractivity contribution is -0.143. The number of unbranched alkanes of at least 4 members (excludes halogenated alkanes) is 30. The summed E-state index contributed by atoms with van der Waals surface area (Å²) in [5.74, 6) is -0.0866. The summed E-state index contributed by atoms with van der Waals surface area (Å²) in [5.41, 5.74) is 0. The van der Waals surface area contributed by atoms with E-state index in [1.165, 1.54) is 161 Å². The fourth-order valence-electron chi connectivity index (χ4n) is 7.16. The second-order valence-electron chi connectivity index (χ2n) is 16.1. The van der Waals surface area contributed by atoms with E-state index in [2.05, 4.69) is 31.3 Å². The van der Waals surface area contributed by atoms with Crippen LogP contribution in [0.1, 0.15) is 251 Å². The Morgan fingerprint density at radius 2 is 0.887 bits per heavy atom. The molecule has 314 valence electrons. The first-order chi connectivity index (χ1) is 26.0. The molecule has 0 aromatic heterocycles. The molecule has 0 rings (SSSR count). The summed E-state index contributed by atoms with van der Waals surface area (Å²) in [4.78, 5) is 24.4. The van der Waals surface area contributed by atoms with Gasteiger partial charge in [0.25, 0.3) is 0 Å². The number of carbonyl (C=O) groups excluding carboxylic acids is 2. The van der Waals surface area contributed by atoms with E-state index >= 15 is 0 Å². The second-order valence-corrected chi connectivity index (χ2v) is 16.1. The van der Waals surface area contributed by atoms with E-state index in [0.29, 0.717) is 25.9 Å². The van der Waals surface area contributed by atoms with Crippen molar-refractivity contribution in [3.63, 3.8) is 0 Å². The molecule has 3 N–H and O–H groups in total. The zero-order valence-corrected chi connectivity index (χ0v) is 35.5. The van der Waals surface area contributed by atoms with Crippen LogP contribution in [0.5, 0.6) is 0 Å². The van der Waals surface area contributed by atoms with Gasteiger partial charge >= 0.3 is 5.97 Å². The smallest absolute Gasteiger partial charge is 0.305 e. The zero-order chi connectivity index (χ0) is 38.7. The Morgan fingerprint density at radius 3 is 1.34 bits per heavy atom. The number of hydrogen-bond acceptors (Lipinski definition) is 5. The van der Waals surface area contributed by atoms with E-state index in [1.54, 1.807) is 0 Å². The largest absolute Gasteiger partial charge is 0.466 e. The second kappa shape index (κ2) is 43.3. The molecule has 2 atom stereocenters. The molecule has 6 heteroatoms. The van der Waals surface area contributed by atoms with Gasteiger partial charge in [-0.05, 0) is 51.4 Å². The third-order valence-electron chi connectivity index (χ3n) is 10.8. The Balaban J connectivity index is 3.47. The first-order valence-electron chi connectivity index (χ1n) is 23.4. The normalized spacial score (nSPS) is 12.8. The van der Waals surface area contributed by atoms with Crippen LogP contribution in [-0.2, 0) is 14.3 Å². The lowest BCUT2D eigenvalue weighted by Crippen LogP contribution is -2.45. The van der Waals surface area contributed by atoms with Crippen molar-refractivity contribution in [3.05, 3.63) is 12.2 Å². The molecular weight excluding hydrogens is 659 g/mol. The molecule has 1 amide bonds. The van der Waals surface area contributed by atoms with Crippen molar-refractivity contribution in [2.75, 3.05) is 13.2 Å². The topological polar surface area (TPSA) is 95.9 Å². The van der Waals surface area contributed by atoms with Gasteiger partial charge in [-0.15, -0.1) is 0 Å². The minimum Gasteiger partial charge on any atom is -0.466 e. The van der Waals surface area contributed by atoms with Crippen molar-refractivity contribution in [2.24, 2.45) is 0 Å². The van der Waals surface area contributed by atoms with Crippen LogP contribution < -0.4 is 5.32 Å². The highest BCUT2D eigenvalue weighted by Gasteiger charge is 2.20. The van der Waals surface area contributed by atoms with Gasteiger partial charge in [0.1, 0.15) is 0 Å². The average Bonchev–Trinajstić information content (AvgIpc) is 3.16. The molecule has 0 aliphatic heterocycles. The molecule has 0 saturated carbocycles. The zero-order valence-electron chi connectivity index (χ0n) is 35.5. The Bertz CT molecular complexity index is 787. The average molecular weight is 750 g/mol. The van der Waals surface area contributed by atoms with E-state index < -0.39 is 12.1 Å². The maximum absolute atomic E-state index is 12.4. The summed E-state index contributed by atoms with van der Waals surface area (Å²) in [6.07, 6.45) is 47.4. The van der Waals surface area contributed by atoms with Crippen LogP contribution in [-0.4, -0.2) is 47.4 Å². The number of allylic oxidation sites excluding steroid dienone is 2. The number of ether oxygens (including phenoxy) is 1. The van der Waals surface area contributed by atoms with Crippen LogP contribution in [0, 0.1) is 0 Å². The van der Waals surface area contributed by atoms with Crippen LogP contribution in [0.2, 0.25) is 0 Å². The highest BCUT2D eigenvalue weighted by Crippen LogP contribution is 2.15. The van der Waals surface area contributed by atoms with Crippen LogP contribution >= 0.6 is 0 Å². The van der Waals surface area contributed by atoms with E-state index in [1.807, 2.05) is 0 Å². The number of amides is 1. The van der Waals surface area contributed by atoms with Crippen LogP contribution in [0.25, 0.3) is 0 Å². The van der Waals surface area contributed by atoms with E-state index in [4.69, 9.17) is 4.74 Å². The first kappa shape index (κ1) is 51.6. The fourth-order valence-corrected chi connectivity index (χ4v) is 7.16. The van der Waals surface area contributed by atoms with Crippen molar-refractivity contribution in [1.82, 2.24) is 5.32 Å². The van der Waals surface area contributed by atoms with E-state index in [9.17, 15) is 19.8 Å².